The summed E-state index contributed by atoms with van der Waals surface area (Å²) >= 11 is 0. The second-order valence-electron chi connectivity index (χ2n) is 4.34. The molecule has 0 aromatic rings. The Morgan fingerprint density at radius 1 is 1.15 bits per heavy atom. The fraction of sp³-hybridized carbons (Fsp3) is 1.00. The first kappa shape index (κ1) is 11.0. The molecular weight excluding hydrogens is 160 g/mol. The highest BCUT2D eigenvalue weighted by Gasteiger charge is 2.28. The first-order valence-electron chi connectivity index (χ1n) is 5.93. The molecule has 0 amide bonds. The molecule has 0 aromatic heterocycles. The van der Waals surface area contributed by atoms with E-state index < -0.39 is 0 Å². The average Bonchev–Trinajstić information content (AvgIpc) is 2.19. The normalized spacial score (nSPS) is 34.8. The molecule has 0 unspecified atom stereocenters. The van der Waals surface area contributed by atoms with Crippen LogP contribution in [0.3, 0.4) is 0 Å². The minimum Gasteiger partial charge on any atom is -0.378 e. The van der Waals surface area contributed by atoms with Crippen LogP contribution in [0.5, 0.6) is 0 Å². The molecule has 3 atom stereocenters. The molecule has 0 bridgehead atoms. The molecule has 0 aromatic carbocycles. The second kappa shape index (κ2) is 5.64. The molecule has 1 rings (SSSR count). The highest BCUT2D eigenvalue weighted by Crippen LogP contribution is 2.31. The molecule has 0 aliphatic carbocycles. The Bertz CT molecular complexity index is 133. The van der Waals surface area contributed by atoms with E-state index in [2.05, 4.69) is 20.8 Å². The lowest BCUT2D eigenvalue weighted by molar-refractivity contribution is -0.0618. The summed E-state index contributed by atoms with van der Waals surface area (Å²) in [5.41, 5.74) is 0. The maximum absolute atomic E-state index is 5.93. The standard InChI is InChI=1S/C12H24O/c1-4-7-12-11(6-3)8-10(5-2)9-13-12/h10-12H,4-9H2,1-3H3/t10-,11-,12+/m0/s1. The fourth-order valence-corrected chi connectivity index (χ4v) is 2.36. The van der Waals surface area contributed by atoms with Crippen LogP contribution in [-0.2, 0) is 4.74 Å². The largest absolute Gasteiger partial charge is 0.378 e. The predicted molar refractivity (Wildman–Crippen MR) is 56.8 cm³/mol. The lowest BCUT2D eigenvalue weighted by Crippen LogP contribution is -2.34. The van der Waals surface area contributed by atoms with Gasteiger partial charge in [0.1, 0.15) is 0 Å². The number of rotatable bonds is 4. The molecule has 1 fully saturated rings. The van der Waals surface area contributed by atoms with E-state index in [-0.39, 0.29) is 0 Å². The van der Waals surface area contributed by atoms with Gasteiger partial charge in [-0.25, -0.2) is 0 Å². The number of hydrogen-bond acceptors (Lipinski definition) is 1. The zero-order chi connectivity index (χ0) is 9.68. The van der Waals surface area contributed by atoms with E-state index in [0.29, 0.717) is 6.10 Å². The Kier molecular flexibility index (Phi) is 4.79. The van der Waals surface area contributed by atoms with E-state index >= 15 is 0 Å². The van der Waals surface area contributed by atoms with E-state index in [1.54, 1.807) is 0 Å². The van der Waals surface area contributed by atoms with Crippen molar-refractivity contribution < 1.29 is 4.74 Å². The lowest BCUT2D eigenvalue weighted by atomic mass is 9.83. The quantitative estimate of drug-likeness (QED) is 0.648. The monoisotopic (exact) mass is 184 g/mol. The number of ether oxygens (including phenoxy) is 1. The minimum atomic E-state index is 0.567. The van der Waals surface area contributed by atoms with Crippen LogP contribution in [0.25, 0.3) is 0 Å². The van der Waals surface area contributed by atoms with E-state index in [4.69, 9.17) is 4.74 Å². The zero-order valence-electron chi connectivity index (χ0n) is 9.38. The van der Waals surface area contributed by atoms with Crippen molar-refractivity contribution in [3.05, 3.63) is 0 Å². The van der Waals surface area contributed by atoms with E-state index in [9.17, 15) is 0 Å². The van der Waals surface area contributed by atoms with Gasteiger partial charge in [0, 0.05) is 6.61 Å². The summed E-state index contributed by atoms with van der Waals surface area (Å²) in [5.74, 6) is 1.66. The summed E-state index contributed by atoms with van der Waals surface area (Å²) in [5, 5.41) is 0. The van der Waals surface area contributed by atoms with Crippen molar-refractivity contribution in [3.8, 4) is 0 Å². The third-order valence-electron chi connectivity index (χ3n) is 3.38. The summed E-state index contributed by atoms with van der Waals surface area (Å²) in [7, 11) is 0. The third kappa shape index (κ3) is 2.98. The molecular formula is C12H24O. The van der Waals surface area contributed by atoms with Crippen LogP contribution in [0.15, 0.2) is 0 Å². The molecule has 1 heteroatoms. The van der Waals surface area contributed by atoms with Gasteiger partial charge in [0.25, 0.3) is 0 Å². The topological polar surface area (TPSA) is 9.23 Å². The summed E-state index contributed by atoms with van der Waals surface area (Å²) in [6.45, 7) is 7.84. The average molecular weight is 184 g/mol. The second-order valence-corrected chi connectivity index (χ2v) is 4.34. The van der Waals surface area contributed by atoms with Crippen LogP contribution in [0.4, 0.5) is 0 Å². The van der Waals surface area contributed by atoms with Gasteiger partial charge in [-0.15, -0.1) is 0 Å². The Morgan fingerprint density at radius 2 is 1.92 bits per heavy atom. The molecule has 0 saturated carbocycles. The molecule has 1 nitrogen and oxygen atoms in total. The first-order chi connectivity index (χ1) is 6.31. The van der Waals surface area contributed by atoms with Crippen molar-refractivity contribution in [2.75, 3.05) is 6.61 Å². The van der Waals surface area contributed by atoms with E-state index in [1.807, 2.05) is 0 Å². The molecule has 78 valence electrons. The lowest BCUT2D eigenvalue weighted by Gasteiger charge is -2.35. The van der Waals surface area contributed by atoms with Gasteiger partial charge < -0.3 is 4.74 Å². The van der Waals surface area contributed by atoms with E-state index in [1.165, 1.54) is 32.1 Å². The van der Waals surface area contributed by atoms with Gasteiger partial charge >= 0.3 is 0 Å². The Labute approximate surface area is 82.9 Å². The van der Waals surface area contributed by atoms with Crippen LogP contribution in [-0.4, -0.2) is 12.7 Å². The van der Waals surface area contributed by atoms with Gasteiger partial charge in [-0.2, -0.15) is 0 Å². The smallest absolute Gasteiger partial charge is 0.0603 e. The first-order valence-corrected chi connectivity index (χ1v) is 5.93. The minimum absolute atomic E-state index is 0.567. The highest BCUT2D eigenvalue weighted by molar-refractivity contribution is 4.77. The van der Waals surface area contributed by atoms with Gasteiger partial charge in [0.15, 0.2) is 0 Å². The van der Waals surface area contributed by atoms with Crippen LogP contribution in [0.1, 0.15) is 52.9 Å². The van der Waals surface area contributed by atoms with Gasteiger partial charge in [-0.3, -0.25) is 0 Å². The van der Waals surface area contributed by atoms with Gasteiger partial charge in [0.2, 0.25) is 0 Å². The Hall–Kier alpha value is -0.0400. The van der Waals surface area contributed by atoms with Gasteiger partial charge in [-0.1, -0.05) is 40.0 Å². The fourth-order valence-electron chi connectivity index (χ4n) is 2.36. The summed E-state index contributed by atoms with van der Waals surface area (Å²) in [6.07, 6.45) is 7.07. The number of hydrogen-bond donors (Lipinski definition) is 0. The van der Waals surface area contributed by atoms with Crippen molar-refractivity contribution in [3.63, 3.8) is 0 Å². The van der Waals surface area contributed by atoms with Crippen LogP contribution in [0.2, 0.25) is 0 Å². The molecule has 1 saturated heterocycles. The van der Waals surface area contributed by atoms with Crippen molar-refractivity contribution in [2.45, 2.75) is 59.0 Å². The van der Waals surface area contributed by atoms with Crippen molar-refractivity contribution in [1.82, 2.24) is 0 Å². The highest BCUT2D eigenvalue weighted by atomic mass is 16.5. The van der Waals surface area contributed by atoms with Crippen molar-refractivity contribution in [1.29, 1.82) is 0 Å². The van der Waals surface area contributed by atoms with Gasteiger partial charge in [0.05, 0.1) is 6.10 Å². The predicted octanol–water partition coefficient (Wildman–Crippen LogP) is 3.63. The Balaban J connectivity index is 2.40. The molecule has 1 aliphatic rings. The molecule has 13 heavy (non-hydrogen) atoms. The van der Waals surface area contributed by atoms with Crippen molar-refractivity contribution >= 4 is 0 Å². The third-order valence-corrected chi connectivity index (χ3v) is 3.38. The SMILES string of the molecule is CCC[C@H]1OC[C@@H](CC)C[C@@H]1CC. The Morgan fingerprint density at radius 3 is 2.46 bits per heavy atom. The molecule has 0 N–H and O–H groups in total. The molecule has 1 heterocycles. The van der Waals surface area contributed by atoms with Gasteiger partial charge in [-0.05, 0) is 24.7 Å². The van der Waals surface area contributed by atoms with Crippen molar-refractivity contribution in [2.24, 2.45) is 11.8 Å². The molecule has 1 aliphatic heterocycles. The summed E-state index contributed by atoms with van der Waals surface area (Å²) in [6, 6.07) is 0. The summed E-state index contributed by atoms with van der Waals surface area (Å²) in [4.78, 5) is 0. The summed E-state index contributed by atoms with van der Waals surface area (Å²) < 4.78 is 5.93. The van der Waals surface area contributed by atoms with Crippen LogP contribution >= 0.6 is 0 Å². The molecule has 0 radical (unpaired) electrons. The maximum Gasteiger partial charge on any atom is 0.0603 e. The van der Waals surface area contributed by atoms with Crippen LogP contribution < -0.4 is 0 Å². The zero-order valence-corrected chi connectivity index (χ0v) is 9.38. The van der Waals surface area contributed by atoms with E-state index in [0.717, 1.165) is 18.4 Å². The maximum atomic E-state index is 5.93. The van der Waals surface area contributed by atoms with Crippen LogP contribution in [0, 0.1) is 11.8 Å². The molecule has 0 spiro atoms.